The van der Waals surface area contributed by atoms with Crippen molar-refractivity contribution in [3.8, 4) is 0 Å². The first-order valence-corrected chi connectivity index (χ1v) is 28.1. The van der Waals surface area contributed by atoms with Crippen molar-refractivity contribution in [3.05, 3.63) is 108 Å². The summed E-state index contributed by atoms with van der Waals surface area (Å²) in [6.45, 7) is 36.7. The smallest absolute Gasteiger partial charge is 0.208 e. The van der Waals surface area contributed by atoms with Gasteiger partial charge in [-0.25, -0.2) is 8.42 Å². The van der Waals surface area contributed by atoms with Crippen molar-refractivity contribution in [1.82, 2.24) is 0 Å². The van der Waals surface area contributed by atoms with E-state index < -0.39 is 10.4 Å². The number of unbranched alkanes of at least 4 members (excludes halogenated alkanes) is 9. The van der Waals surface area contributed by atoms with Crippen LogP contribution in [-0.4, -0.2) is 85.3 Å². The summed E-state index contributed by atoms with van der Waals surface area (Å²) in [5.41, 5.74) is 4.53. The number of nitrogens with zero attached hydrogens (tertiary/aromatic N) is 3. The number of benzene rings is 3. The molecule has 0 saturated carbocycles. The Balaban J connectivity index is 0. The van der Waals surface area contributed by atoms with Gasteiger partial charge in [-0.1, -0.05) is 211 Å². The summed E-state index contributed by atoms with van der Waals surface area (Å²) in [6.07, 6.45) is 24.1. The Morgan fingerprint density at radius 1 is 0.358 bits per heavy atom. The molecular weight excluding hydrogens is 874 g/mol. The monoisotopic (exact) mass is 976 g/mol. The Bertz CT molecular complexity index is 1370. The Hall–Kier alpha value is -2.34. The molecule has 0 unspecified atom stereocenters. The third kappa shape index (κ3) is 33.8. The summed E-state index contributed by atoms with van der Waals surface area (Å²) in [4.78, 5) is 0. The highest BCUT2D eigenvalue weighted by atomic mass is 35.5. The molecule has 0 N–H and O–H groups in total. The summed E-state index contributed by atoms with van der Waals surface area (Å²) >= 11 is 0. The van der Waals surface area contributed by atoms with Crippen LogP contribution >= 0.6 is 0 Å². The molecule has 0 amide bonds. The van der Waals surface area contributed by atoms with Gasteiger partial charge in [-0.3, -0.25) is 0 Å². The van der Waals surface area contributed by atoms with Crippen molar-refractivity contribution in [2.45, 2.75) is 198 Å². The lowest BCUT2D eigenvalue weighted by atomic mass is 10.1. The Morgan fingerprint density at radius 2 is 0.507 bits per heavy atom. The first kappa shape index (κ1) is 66.7. The lowest BCUT2D eigenvalue weighted by Gasteiger charge is -2.39. The SMILES string of the molecule is CCCC[N+](CCCC)(CCCC)Cc1ccccc1.CCCC[N+](CCCC)(CCCC)Cc1ccccc1.CCCC[N+](CCCC)(CCCC)Cc1ccccc1.O=S(=O)([O-])O[O-].[Cl-]. The normalized spacial score (nSPS) is 11.6. The first-order chi connectivity index (χ1) is 31.8. The Kier molecular flexibility index (Phi) is 42.4. The van der Waals surface area contributed by atoms with Crippen LogP contribution in [0.3, 0.4) is 0 Å². The van der Waals surface area contributed by atoms with E-state index in [2.05, 4.69) is 158 Å². The predicted octanol–water partition coefficient (Wildman–Crippen LogP) is 11.0. The van der Waals surface area contributed by atoms with Gasteiger partial charge in [0.25, 0.3) is 0 Å². The summed E-state index contributed by atoms with van der Waals surface area (Å²) in [5.74, 6) is 0. The van der Waals surface area contributed by atoms with Crippen LogP contribution in [0.5, 0.6) is 0 Å². The van der Waals surface area contributed by atoms with E-state index in [1.165, 1.54) is 224 Å². The molecule has 0 spiro atoms. The molecule has 0 saturated heterocycles. The van der Waals surface area contributed by atoms with Crippen LogP contribution < -0.4 is 17.7 Å². The zero-order valence-electron chi connectivity index (χ0n) is 44.5. The highest BCUT2D eigenvalue weighted by molar-refractivity contribution is 7.80. The number of halogens is 1. The van der Waals surface area contributed by atoms with Crippen molar-refractivity contribution in [2.75, 3.05) is 58.9 Å². The average Bonchev–Trinajstić information content (AvgIpc) is 3.34. The Labute approximate surface area is 421 Å². The molecule has 0 bridgehead atoms. The van der Waals surface area contributed by atoms with E-state index in [0.717, 1.165) is 0 Å². The van der Waals surface area contributed by atoms with Gasteiger partial charge in [0.2, 0.25) is 10.4 Å². The van der Waals surface area contributed by atoms with Gasteiger partial charge >= 0.3 is 0 Å². The van der Waals surface area contributed by atoms with Gasteiger partial charge in [-0.15, -0.1) is 0 Å². The van der Waals surface area contributed by atoms with Crippen LogP contribution in [0.4, 0.5) is 0 Å². The topological polar surface area (TPSA) is 89.5 Å². The van der Waals surface area contributed by atoms with Crippen molar-refractivity contribution >= 4 is 10.4 Å². The maximum Gasteiger partial charge on any atom is 0.208 e. The van der Waals surface area contributed by atoms with E-state index in [0.29, 0.717) is 0 Å². The fraction of sp³-hybridized carbons (Fsp3) is 0.684. The molecule has 3 rings (SSSR count). The highest BCUT2D eigenvalue weighted by Gasteiger charge is 2.28. The molecular formula is C57H102ClN3O5S. The maximum absolute atomic E-state index is 8.91. The largest absolute Gasteiger partial charge is 1.00 e. The lowest BCUT2D eigenvalue weighted by Crippen LogP contribution is -3.00. The summed E-state index contributed by atoms with van der Waals surface area (Å²) in [5, 5.41) is 8.55. The minimum Gasteiger partial charge on any atom is -1.00 e. The highest BCUT2D eigenvalue weighted by Crippen LogP contribution is 2.23. The van der Waals surface area contributed by atoms with Gasteiger partial charge in [0.05, 0.1) is 58.9 Å². The zero-order valence-corrected chi connectivity index (χ0v) is 46.1. The van der Waals surface area contributed by atoms with E-state index >= 15 is 0 Å². The van der Waals surface area contributed by atoms with Crippen molar-refractivity contribution in [2.24, 2.45) is 0 Å². The van der Waals surface area contributed by atoms with Crippen molar-refractivity contribution in [3.63, 3.8) is 0 Å². The van der Waals surface area contributed by atoms with Crippen molar-refractivity contribution in [1.29, 1.82) is 0 Å². The molecule has 0 fully saturated rings. The summed E-state index contributed by atoms with van der Waals surface area (Å²) < 4.78 is 32.7. The molecule has 3 aromatic carbocycles. The van der Waals surface area contributed by atoms with E-state index in [1.54, 1.807) is 0 Å². The minimum atomic E-state index is -4.97. The molecule has 0 aromatic heterocycles. The minimum absolute atomic E-state index is 0. The molecule has 0 aliphatic carbocycles. The predicted molar refractivity (Wildman–Crippen MR) is 280 cm³/mol. The fourth-order valence-corrected chi connectivity index (χ4v) is 9.07. The van der Waals surface area contributed by atoms with Crippen LogP contribution in [0.25, 0.3) is 0 Å². The van der Waals surface area contributed by atoms with Crippen LogP contribution in [0.2, 0.25) is 0 Å². The first-order valence-electron chi connectivity index (χ1n) is 26.8. The molecule has 0 heterocycles. The molecule has 8 nitrogen and oxygen atoms in total. The Morgan fingerprint density at radius 3 is 0.627 bits per heavy atom. The fourth-order valence-electron chi connectivity index (χ4n) is 9.07. The number of quaternary nitrogens is 3. The zero-order chi connectivity index (χ0) is 49.3. The van der Waals surface area contributed by atoms with Gasteiger partial charge in [-0.2, -0.15) is 0 Å². The third-order valence-electron chi connectivity index (χ3n) is 13.0. The van der Waals surface area contributed by atoms with Crippen LogP contribution in [0.15, 0.2) is 91.0 Å². The summed E-state index contributed by atoms with van der Waals surface area (Å²) in [7, 11) is -4.97. The van der Waals surface area contributed by atoms with Gasteiger partial charge in [0.15, 0.2) is 0 Å². The number of rotatable bonds is 34. The maximum atomic E-state index is 8.91. The van der Waals surface area contributed by atoms with E-state index in [1.807, 2.05) is 0 Å². The van der Waals surface area contributed by atoms with Gasteiger partial charge in [0, 0.05) is 16.7 Å². The standard InChI is InChI=1S/3C19H34N.ClH.H2O5S/c3*1-4-7-15-20(16-8-5-2,17-9-6-3)18-19-13-11-10-12-14-19;;1-5-6(2,3)4/h3*10-14H,4-9,15-18H2,1-3H3;1H;1H,(H,2,3,4)/q3*+1;;/p-3. The molecule has 10 heteroatoms. The van der Waals surface area contributed by atoms with Gasteiger partial charge in [-0.05, 0) is 57.8 Å². The molecule has 0 aliphatic rings. The molecule has 67 heavy (non-hydrogen) atoms. The van der Waals surface area contributed by atoms with Crippen molar-refractivity contribution < 1.29 is 48.4 Å². The van der Waals surface area contributed by atoms with E-state index in [-0.39, 0.29) is 12.4 Å². The second-order valence-electron chi connectivity index (χ2n) is 19.1. The molecule has 0 atom stereocenters. The second-order valence-corrected chi connectivity index (χ2v) is 20.1. The molecule has 3 aromatic rings. The number of hydrogen-bond donors (Lipinski definition) is 0. The van der Waals surface area contributed by atoms with E-state index in [4.69, 9.17) is 18.2 Å². The van der Waals surface area contributed by atoms with Gasteiger partial charge in [0.1, 0.15) is 19.6 Å². The van der Waals surface area contributed by atoms with Crippen LogP contribution in [0, 0.1) is 0 Å². The van der Waals surface area contributed by atoms with E-state index in [9.17, 15) is 0 Å². The molecule has 0 aliphatic heterocycles. The third-order valence-corrected chi connectivity index (χ3v) is 13.2. The van der Waals surface area contributed by atoms with Crippen LogP contribution in [-0.2, 0) is 34.4 Å². The van der Waals surface area contributed by atoms with Gasteiger partial charge < -0.3 is 40.0 Å². The average molecular weight is 977 g/mol. The molecule has 0 radical (unpaired) electrons. The summed E-state index contributed by atoms with van der Waals surface area (Å²) in [6, 6.07) is 33.3. The van der Waals surface area contributed by atoms with Crippen LogP contribution in [0.1, 0.15) is 195 Å². The lowest BCUT2D eigenvalue weighted by molar-refractivity contribution is -0.941. The molecule has 388 valence electrons. The quantitative estimate of drug-likeness (QED) is 0.0196. The number of hydrogen-bond acceptors (Lipinski definition) is 5. The second kappa shape index (κ2) is 42.5.